The summed E-state index contributed by atoms with van der Waals surface area (Å²) >= 11 is 1.17. The van der Waals surface area contributed by atoms with Gasteiger partial charge in [0.2, 0.25) is 0 Å². The van der Waals surface area contributed by atoms with Crippen molar-refractivity contribution in [2.24, 2.45) is 0 Å². The van der Waals surface area contributed by atoms with Gasteiger partial charge in [-0.25, -0.2) is 4.79 Å². The van der Waals surface area contributed by atoms with Gasteiger partial charge in [-0.3, -0.25) is 4.79 Å². The molecule has 0 fully saturated rings. The van der Waals surface area contributed by atoms with Crippen LogP contribution in [0.1, 0.15) is 20.8 Å². The van der Waals surface area contributed by atoms with Crippen molar-refractivity contribution in [2.75, 3.05) is 32.2 Å². The molecule has 2 rings (SSSR count). The fraction of sp³-hybridized carbons (Fsp3) is 0.333. The quantitative estimate of drug-likeness (QED) is 0.521. The first kappa shape index (κ1) is 21.7. The van der Waals surface area contributed by atoms with Crippen LogP contribution in [-0.4, -0.2) is 38.8 Å². The van der Waals surface area contributed by atoms with E-state index in [0.717, 1.165) is 18.2 Å². The molecule has 2 aromatic rings. The summed E-state index contributed by atoms with van der Waals surface area (Å²) in [5.74, 6) is -1.43. The summed E-state index contributed by atoms with van der Waals surface area (Å²) in [6, 6.07) is 4.44. The zero-order valence-electron chi connectivity index (χ0n) is 15.1. The van der Waals surface area contributed by atoms with E-state index in [-0.39, 0.29) is 24.7 Å². The van der Waals surface area contributed by atoms with E-state index in [1.54, 1.807) is 18.4 Å². The van der Waals surface area contributed by atoms with E-state index in [1.807, 2.05) is 0 Å². The molecule has 0 spiro atoms. The number of anilines is 1. The Kier molecular flexibility index (Phi) is 7.41. The summed E-state index contributed by atoms with van der Waals surface area (Å²) < 4.78 is 53.9. The third-order valence-corrected chi connectivity index (χ3v) is 4.50. The van der Waals surface area contributed by atoms with Gasteiger partial charge in [0.25, 0.3) is 5.91 Å². The number of thiophene rings is 1. The zero-order chi connectivity index (χ0) is 20.7. The average Bonchev–Trinajstić information content (AvgIpc) is 3.06. The number of esters is 1. The summed E-state index contributed by atoms with van der Waals surface area (Å²) in [6.07, 6.45) is -4.59. The van der Waals surface area contributed by atoms with Crippen LogP contribution in [0, 0.1) is 6.92 Å². The Morgan fingerprint density at radius 2 is 1.93 bits per heavy atom. The van der Waals surface area contributed by atoms with Crippen LogP contribution in [0.25, 0.3) is 0 Å². The number of benzene rings is 1. The van der Waals surface area contributed by atoms with Gasteiger partial charge in [0.1, 0.15) is 17.2 Å². The number of aryl methyl sites for hydroxylation is 1. The highest BCUT2D eigenvalue weighted by atomic mass is 32.1. The van der Waals surface area contributed by atoms with Gasteiger partial charge < -0.3 is 19.5 Å². The Bertz CT molecular complexity index is 835. The second-order valence-electron chi connectivity index (χ2n) is 5.61. The molecule has 1 N–H and O–H groups in total. The fourth-order valence-electron chi connectivity index (χ4n) is 2.13. The van der Waals surface area contributed by atoms with Crippen molar-refractivity contribution in [2.45, 2.75) is 13.1 Å². The second kappa shape index (κ2) is 9.56. The Balaban J connectivity index is 2.07. The summed E-state index contributed by atoms with van der Waals surface area (Å²) in [5.41, 5.74) is -0.422. The van der Waals surface area contributed by atoms with E-state index >= 15 is 0 Å². The minimum absolute atomic E-state index is 0.0406. The Morgan fingerprint density at radius 3 is 2.54 bits per heavy atom. The van der Waals surface area contributed by atoms with Crippen molar-refractivity contribution in [3.8, 4) is 5.75 Å². The van der Waals surface area contributed by atoms with Gasteiger partial charge in [-0.2, -0.15) is 13.2 Å². The van der Waals surface area contributed by atoms with Crippen molar-refractivity contribution in [3.05, 3.63) is 45.6 Å². The van der Waals surface area contributed by atoms with E-state index in [0.29, 0.717) is 10.4 Å². The topological polar surface area (TPSA) is 73.9 Å². The van der Waals surface area contributed by atoms with Gasteiger partial charge in [-0.1, -0.05) is 0 Å². The molecule has 0 saturated heterocycles. The molecule has 1 aromatic carbocycles. The summed E-state index contributed by atoms with van der Waals surface area (Å²) in [7, 11) is 1.45. The normalized spacial score (nSPS) is 11.2. The van der Waals surface area contributed by atoms with Gasteiger partial charge in [-0.15, -0.1) is 11.3 Å². The number of carbonyl (C=O) groups is 2. The van der Waals surface area contributed by atoms with Crippen LogP contribution in [0.2, 0.25) is 0 Å². The molecule has 0 radical (unpaired) electrons. The number of ether oxygens (including phenoxy) is 3. The minimum atomic E-state index is -4.59. The van der Waals surface area contributed by atoms with Crippen LogP contribution in [0.3, 0.4) is 0 Å². The molecular formula is C18H18F3NO5S. The zero-order valence-corrected chi connectivity index (χ0v) is 15.9. The molecule has 0 aliphatic carbocycles. The number of nitrogens with one attached hydrogen (secondary N) is 1. The molecule has 0 saturated carbocycles. The van der Waals surface area contributed by atoms with Crippen LogP contribution in [0.5, 0.6) is 5.75 Å². The molecule has 0 bridgehead atoms. The van der Waals surface area contributed by atoms with Gasteiger partial charge in [0.05, 0.1) is 17.9 Å². The largest absolute Gasteiger partial charge is 0.489 e. The monoisotopic (exact) mass is 417 g/mol. The number of halogens is 3. The molecule has 152 valence electrons. The minimum Gasteiger partial charge on any atom is -0.489 e. The smallest absolute Gasteiger partial charge is 0.416 e. The lowest BCUT2D eigenvalue weighted by atomic mass is 10.1. The number of hydrogen-bond acceptors (Lipinski definition) is 6. The SMILES string of the molecule is COCCOc1ccc(C(F)(F)F)cc1NC(=O)COC(=O)c1sccc1C. The average molecular weight is 417 g/mol. The van der Waals surface area contributed by atoms with Crippen molar-refractivity contribution >= 4 is 28.9 Å². The molecule has 10 heteroatoms. The number of rotatable bonds is 8. The Labute approximate surface area is 163 Å². The van der Waals surface area contributed by atoms with Gasteiger partial charge >= 0.3 is 12.1 Å². The van der Waals surface area contributed by atoms with Crippen LogP contribution >= 0.6 is 11.3 Å². The lowest BCUT2D eigenvalue weighted by molar-refractivity contribution is -0.137. The predicted octanol–water partition coefficient (Wildman–Crippen LogP) is 3.90. The lowest BCUT2D eigenvalue weighted by Crippen LogP contribution is -2.22. The maximum absolute atomic E-state index is 13.0. The Hall–Kier alpha value is -2.59. The molecule has 0 aliphatic rings. The first-order chi connectivity index (χ1) is 13.2. The highest BCUT2D eigenvalue weighted by Gasteiger charge is 2.31. The number of amides is 1. The molecule has 28 heavy (non-hydrogen) atoms. The van der Waals surface area contributed by atoms with Crippen molar-refractivity contribution in [1.82, 2.24) is 0 Å². The van der Waals surface area contributed by atoms with E-state index in [1.165, 1.54) is 18.4 Å². The lowest BCUT2D eigenvalue weighted by Gasteiger charge is -2.15. The molecular weight excluding hydrogens is 399 g/mol. The predicted molar refractivity (Wildman–Crippen MR) is 96.8 cm³/mol. The van der Waals surface area contributed by atoms with E-state index in [4.69, 9.17) is 14.2 Å². The molecule has 6 nitrogen and oxygen atoms in total. The van der Waals surface area contributed by atoms with E-state index < -0.39 is 30.2 Å². The van der Waals surface area contributed by atoms with Gasteiger partial charge in [-0.05, 0) is 42.1 Å². The molecule has 0 atom stereocenters. The first-order valence-electron chi connectivity index (χ1n) is 8.06. The molecule has 0 unspecified atom stereocenters. The maximum atomic E-state index is 13.0. The van der Waals surface area contributed by atoms with Crippen molar-refractivity contribution in [3.63, 3.8) is 0 Å². The second-order valence-corrected chi connectivity index (χ2v) is 6.52. The first-order valence-corrected chi connectivity index (χ1v) is 8.94. The summed E-state index contributed by atoms with van der Waals surface area (Å²) in [6.45, 7) is 1.37. The Morgan fingerprint density at radius 1 is 1.18 bits per heavy atom. The van der Waals surface area contributed by atoms with E-state index in [9.17, 15) is 22.8 Å². The third kappa shape index (κ3) is 5.96. The van der Waals surface area contributed by atoms with Gasteiger partial charge in [0.15, 0.2) is 6.61 Å². The van der Waals surface area contributed by atoms with Crippen LogP contribution in [0.15, 0.2) is 29.6 Å². The van der Waals surface area contributed by atoms with Crippen LogP contribution in [-0.2, 0) is 20.4 Å². The van der Waals surface area contributed by atoms with Crippen molar-refractivity contribution < 1.29 is 37.0 Å². The van der Waals surface area contributed by atoms with Crippen molar-refractivity contribution in [1.29, 1.82) is 0 Å². The summed E-state index contributed by atoms with van der Waals surface area (Å²) in [5, 5.41) is 3.99. The molecule has 1 amide bonds. The molecule has 1 aromatic heterocycles. The fourth-order valence-corrected chi connectivity index (χ4v) is 2.95. The summed E-state index contributed by atoms with van der Waals surface area (Å²) in [4.78, 5) is 24.4. The maximum Gasteiger partial charge on any atom is 0.416 e. The number of hydrogen-bond donors (Lipinski definition) is 1. The standard InChI is InChI=1S/C18H18F3NO5S/c1-11-5-8-28-16(11)17(24)27-10-15(23)22-13-9-12(18(19,20)21)3-4-14(13)26-7-6-25-2/h3-5,8-9H,6-7,10H2,1-2H3,(H,22,23). The molecule has 1 heterocycles. The number of carbonyl (C=O) groups excluding carboxylic acids is 2. The van der Waals surface area contributed by atoms with Gasteiger partial charge in [0, 0.05) is 7.11 Å². The third-order valence-electron chi connectivity index (χ3n) is 3.51. The highest BCUT2D eigenvalue weighted by Crippen LogP contribution is 2.35. The molecule has 0 aliphatic heterocycles. The van der Waals surface area contributed by atoms with Crippen LogP contribution in [0.4, 0.5) is 18.9 Å². The number of methoxy groups -OCH3 is 1. The highest BCUT2D eigenvalue weighted by molar-refractivity contribution is 7.12. The van der Waals surface area contributed by atoms with E-state index in [2.05, 4.69) is 5.32 Å². The number of alkyl halides is 3. The van der Waals surface area contributed by atoms with Crippen LogP contribution < -0.4 is 10.1 Å².